The highest BCUT2D eigenvalue weighted by molar-refractivity contribution is 5.22. The smallest absolute Gasteiger partial charge is 0.0594 e. The monoisotopic (exact) mass is 333 g/mol. The Hall–Kier alpha value is -0.900. The largest absolute Gasteiger partial charge is 0.390 e. The molecule has 136 valence electrons. The van der Waals surface area contributed by atoms with Crippen molar-refractivity contribution >= 4 is 0 Å². The van der Waals surface area contributed by atoms with E-state index < -0.39 is 5.60 Å². The zero-order valence-electron chi connectivity index (χ0n) is 15.9. The molecule has 1 N–H and O–H groups in total. The fraction of sp³-hybridized carbons (Fsp3) is 0.714. The Morgan fingerprint density at radius 3 is 2.29 bits per heavy atom. The van der Waals surface area contributed by atoms with Gasteiger partial charge in [-0.25, -0.2) is 0 Å². The van der Waals surface area contributed by atoms with Crippen molar-refractivity contribution in [1.82, 2.24) is 4.90 Å². The molecule has 1 saturated heterocycles. The van der Waals surface area contributed by atoms with Crippen LogP contribution in [0.2, 0.25) is 0 Å². The normalized spacial score (nSPS) is 18.7. The molecule has 1 unspecified atom stereocenters. The standard InChI is InChI=1S/C21H35NO2/c1-17(16-24-4)20-10-13-22(14-11-20)15-19-7-5-18(6-8-19)9-12-21(2,3)23/h5-8,17,20,23H,9-16H2,1-4H3. The van der Waals surface area contributed by atoms with Crippen LogP contribution in [0, 0.1) is 11.8 Å². The maximum atomic E-state index is 9.83. The summed E-state index contributed by atoms with van der Waals surface area (Å²) in [5.41, 5.74) is 2.13. The zero-order valence-corrected chi connectivity index (χ0v) is 15.9. The summed E-state index contributed by atoms with van der Waals surface area (Å²) in [6.45, 7) is 10.4. The molecule has 0 aliphatic carbocycles. The average Bonchev–Trinajstić information content (AvgIpc) is 2.54. The molecule has 0 saturated carbocycles. The first-order valence-electron chi connectivity index (χ1n) is 9.39. The predicted octanol–water partition coefficient (Wildman–Crippen LogP) is 3.88. The number of aliphatic hydroxyl groups is 1. The van der Waals surface area contributed by atoms with Crippen LogP contribution >= 0.6 is 0 Å². The lowest BCUT2D eigenvalue weighted by Gasteiger charge is -2.34. The average molecular weight is 334 g/mol. The Balaban J connectivity index is 1.76. The van der Waals surface area contributed by atoms with Crippen molar-refractivity contribution in [2.75, 3.05) is 26.8 Å². The lowest BCUT2D eigenvalue weighted by molar-refractivity contribution is 0.0714. The van der Waals surface area contributed by atoms with E-state index in [1.807, 2.05) is 13.8 Å². The molecule has 2 rings (SSSR count). The van der Waals surface area contributed by atoms with Crippen molar-refractivity contribution in [2.45, 2.75) is 58.6 Å². The SMILES string of the molecule is COCC(C)C1CCN(Cc2ccc(CCC(C)(C)O)cc2)CC1. The molecule has 1 fully saturated rings. The molecular weight excluding hydrogens is 298 g/mol. The van der Waals surface area contributed by atoms with Crippen LogP contribution in [0.1, 0.15) is 51.2 Å². The van der Waals surface area contributed by atoms with Crippen LogP contribution in [0.5, 0.6) is 0 Å². The number of methoxy groups -OCH3 is 1. The van der Waals surface area contributed by atoms with Gasteiger partial charge in [0.05, 0.1) is 5.60 Å². The number of benzene rings is 1. The summed E-state index contributed by atoms with van der Waals surface area (Å²) in [4.78, 5) is 2.57. The van der Waals surface area contributed by atoms with Crippen LogP contribution in [-0.2, 0) is 17.7 Å². The van der Waals surface area contributed by atoms with Gasteiger partial charge in [-0.2, -0.15) is 0 Å². The molecule has 1 aromatic carbocycles. The molecule has 0 radical (unpaired) electrons. The Labute approximate surface area is 148 Å². The molecule has 1 heterocycles. The fourth-order valence-corrected chi connectivity index (χ4v) is 3.60. The number of hydrogen-bond donors (Lipinski definition) is 1. The van der Waals surface area contributed by atoms with E-state index in [2.05, 4.69) is 36.1 Å². The van der Waals surface area contributed by atoms with Crippen LogP contribution in [0.15, 0.2) is 24.3 Å². The molecule has 1 aromatic rings. The van der Waals surface area contributed by atoms with Crippen LogP contribution in [0.4, 0.5) is 0 Å². The van der Waals surface area contributed by atoms with Gasteiger partial charge in [0.1, 0.15) is 0 Å². The van der Waals surface area contributed by atoms with Gasteiger partial charge in [0.15, 0.2) is 0 Å². The van der Waals surface area contributed by atoms with Gasteiger partial charge in [-0.3, -0.25) is 4.90 Å². The van der Waals surface area contributed by atoms with E-state index >= 15 is 0 Å². The van der Waals surface area contributed by atoms with Crippen molar-refractivity contribution in [1.29, 1.82) is 0 Å². The third-order valence-corrected chi connectivity index (χ3v) is 5.32. The minimum Gasteiger partial charge on any atom is -0.390 e. The first kappa shape index (κ1) is 19.4. The van der Waals surface area contributed by atoms with Crippen molar-refractivity contribution in [2.24, 2.45) is 11.8 Å². The number of hydrogen-bond acceptors (Lipinski definition) is 3. The molecule has 3 nitrogen and oxygen atoms in total. The zero-order chi connectivity index (χ0) is 17.6. The number of ether oxygens (including phenoxy) is 1. The van der Waals surface area contributed by atoms with Crippen molar-refractivity contribution < 1.29 is 9.84 Å². The minimum atomic E-state index is -0.580. The van der Waals surface area contributed by atoms with Crippen LogP contribution in [-0.4, -0.2) is 42.4 Å². The van der Waals surface area contributed by atoms with Gasteiger partial charge < -0.3 is 9.84 Å². The third-order valence-electron chi connectivity index (χ3n) is 5.32. The van der Waals surface area contributed by atoms with Gasteiger partial charge in [-0.05, 0) is 75.6 Å². The Morgan fingerprint density at radius 1 is 1.17 bits per heavy atom. The highest BCUT2D eigenvalue weighted by atomic mass is 16.5. The molecule has 1 atom stereocenters. The van der Waals surface area contributed by atoms with Gasteiger partial charge in [0.2, 0.25) is 0 Å². The minimum absolute atomic E-state index is 0.580. The number of rotatable bonds is 8. The fourth-order valence-electron chi connectivity index (χ4n) is 3.60. The van der Waals surface area contributed by atoms with E-state index in [4.69, 9.17) is 4.74 Å². The lowest BCUT2D eigenvalue weighted by atomic mass is 9.86. The predicted molar refractivity (Wildman–Crippen MR) is 100 cm³/mol. The van der Waals surface area contributed by atoms with Gasteiger partial charge in [0.25, 0.3) is 0 Å². The molecule has 0 bridgehead atoms. The molecule has 0 spiro atoms. The summed E-state index contributed by atoms with van der Waals surface area (Å²) < 4.78 is 5.30. The maximum Gasteiger partial charge on any atom is 0.0594 e. The van der Waals surface area contributed by atoms with E-state index in [9.17, 15) is 5.11 Å². The highest BCUT2D eigenvalue weighted by Gasteiger charge is 2.23. The quantitative estimate of drug-likeness (QED) is 0.783. The van der Waals surface area contributed by atoms with Gasteiger partial charge >= 0.3 is 0 Å². The van der Waals surface area contributed by atoms with Crippen molar-refractivity contribution in [3.05, 3.63) is 35.4 Å². The van der Waals surface area contributed by atoms with Crippen LogP contribution < -0.4 is 0 Å². The van der Waals surface area contributed by atoms with E-state index in [0.29, 0.717) is 5.92 Å². The molecule has 1 aliphatic heterocycles. The van der Waals surface area contributed by atoms with Crippen LogP contribution in [0.25, 0.3) is 0 Å². The summed E-state index contributed by atoms with van der Waals surface area (Å²) >= 11 is 0. The van der Waals surface area contributed by atoms with Crippen molar-refractivity contribution in [3.8, 4) is 0 Å². The Kier molecular flexibility index (Phi) is 7.27. The molecule has 0 aromatic heterocycles. The summed E-state index contributed by atoms with van der Waals surface area (Å²) in [6, 6.07) is 8.93. The third kappa shape index (κ3) is 6.54. The highest BCUT2D eigenvalue weighted by Crippen LogP contribution is 2.26. The molecule has 1 aliphatic rings. The topological polar surface area (TPSA) is 32.7 Å². The molecule has 3 heteroatoms. The first-order valence-corrected chi connectivity index (χ1v) is 9.39. The van der Waals surface area contributed by atoms with Gasteiger partial charge in [-0.1, -0.05) is 31.2 Å². The summed E-state index contributed by atoms with van der Waals surface area (Å²) in [5, 5.41) is 9.83. The number of aryl methyl sites for hydroxylation is 1. The number of nitrogens with zero attached hydrogens (tertiary/aromatic N) is 1. The number of likely N-dealkylation sites (tertiary alicyclic amines) is 1. The lowest BCUT2D eigenvalue weighted by Crippen LogP contribution is -2.36. The van der Waals surface area contributed by atoms with E-state index in [1.165, 1.54) is 37.1 Å². The Bertz CT molecular complexity index is 470. The first-order chi connectivity index (χ1) is 11.4. The van der Waals surface area contributed by atoms with Crippen LogP contribution in [0.3, 0.4) is 0 Å². The van der Waals surface area contributed by atoms with Crippen molar-refractivity contribution in [3.63, 3.8) is 0 Å². The number of piperidine rings is 1. The van der Waals surface area contributed by atoms with E-state index in [1.54, 1.807) is 7.11 Å². The van der Waals surface area contributed by atoms with E-state index in [0.717, 1.165) is 31.9 Å². The summed E-state index contributed by atoms with van der Waals surface area (Å²) in [7, 11) is 1.80. The maximum absolute atomic E-state index is 9.83. The second kappa shape index (κ2) is 8.98. The second-order valence-corrected chi connectivity index (χ2v) is 8.18. The molecule has 0 amide bonds. The molecular formula is C21H35NO2. The van der Waals surface area contributed by atoms with Gasteiger partial charge in [0, 0.05) is 20.3 Å². The summed E-state index contributed by atoms with van der Waals surface area (Å²) in [6.07, 6.45) is 4.31. The second-order valence-electron chi connectivity index (χ2n) is 8.18. The summed E-state index contributed by atoms with van der Waals surface area (Å²) in [5.74, 6) is 1.48. The van der Waals surface area contributed by atoms with Gasteiger partial charge in [-0.15, -0.1) is 0 Å². The molecule has 24 heavy (non-hydrogen) atoms. The Morgan fingerprint density at radius 2 is 1.75 bits per heavy atom. The van der Waals surface area contributed by atoms with E-state index in [-0.39, 0.29) is 0 Å².